The summed E-state index contributed by atoms with van der Waals surface area (Å²) in [6, 6.07) is 7.57. The molecule has 0 spiro atoms. The van der Waals surface area contributed by atoms with Gasteiger partial charge in [-0.05, 0) is 56.7 Å². The Labute approximate surface area is 132 Å². The van der Waals surface area contributed by atoms with Crippen LogP contribution in [-0.2, 0) is 4.79 Å². The van der Waals surface area contributed by atoms with E-state index in [2.05, 4.69) is 30.5 Å². The lowest BCUT2D eigenvalue weighted by Crippen LogP contribution is -2.48. The predicted molar refractivity (Wildman–Crippen MR) is 87.1 cm³/mol. The van der Waals surface area contributed by atoms with E-state index in [1.165, 1.54) is 18.4 Å². The highest BCUT2D eigenvalue weighted by Gasteiger charge is 2.33. The number of ether oxygens (including phenoxy) is 1. The Morgan fingerprint density at radius 2 is 2.00 bits per heavy atom. The van der Waals surface area contributed by atoms with Crippen molar-refractivity contribution >= 4 is 5.91 Å². The molecule has 0 aromatic heterocycles. The Morgan fingerprint density at radius 1 is 1.27 bits per heavy atom. The lowest BCUT2D eigenvalue weighted by Gasteiger charge is -2.29. The van der Waals surface area contributed by atoms with Gasteiger partial charge in [-0.15, -0.1) is 0 Å². The number of carbonyl (C=O) groups is 1. The normalized spacial score (nSPS) is 26.7. The van der Waals surface area contributed by atoms with Crippen molar-refractivity contribution < 1.29 is 9.53 Å². The molecule has 2 fully saturated rings. The third-order valence-electron chi connectivity index (χ3n) is 4.98. The number of nitrogens with one attached hydrogen (secondary N) is 2. The topological polar surface area (TPSA) is 50.4 Å². The third kappa shape index (κ3) is 3.61. The first-order valence-corrected chi connectivity index (χ1v) is 8.36. The second kappa shape index (κ2) is 6.69. The van der Waals surface area contributed by atoms with Crippen LogP contribution in [0.2, 0.25) is 0 Å². The summed E-state index contributed by atoms with van der Waals surface area (Å²) in [6.45, 7) is 4.56. The molecule has 2 saturated heterocycles. The number of benzene rings is 1. The van der Waals surface area contributed by atoms with Crippen LogP contribution in [0.25, 0.3) is 0 Å². The maximum atomic E-state index is 12.1. The van der Waals surface area contributed by atoms with Gasteiger partial charge in [-0.3, -0.25) is 4.79 Å². The molecule has 1 aromatic carbocycles. The molecule has 0 saturated carbocycles. The van der Waals surface area contributed by atoms with Gasteiger partial charge in [-0.1, -0.05) is 12.1 Å². The predicted octanol–water partition coefficient (Wildman–Crippen LogP) is 2.47. The highest BCUT2D eigenvalue weighted by Crippen LogP contribution is 2.26. The summed E-state index contributed by atoms with van der Waals surface area (Å²) in [6.07, 6.45) is 5.08. The van der Waals surface area contributed by atoms with Crippen molar-refractivity contribution in [1.29, 1.82) is 0 Å². The number of hydrogen-bond acceptors (Lipinski definition) is 3. The van der Waals surface area contributed by atoms with E-state index >= 15 is 0 Å². The number of amides is 1. The van der Waals surface area contributed by atoms with Gasteiger partial charge in [0.05, 0.1) is 13.0 Å². The number of hydrogen-bond donors (Lipinski definition) is 2. The summed E-state index contributed by atoms with van der Waals surface area (Å²) in [7, 11) is 0. The zero-order valence-corrected chi connectivity index (χ0v) is 13.5. The van der Waals surface area contributed by atoms with Crippen molar-refractivity contribution in [3.05, 3.63) is 29.3 Å². The van der Waals surface area contributed by atoms with Crippen LogP contribution in [0.4, 0.5) is 0 Å². The maximum absolute atomic E-state index is 12.1. The maximum Gasteiger partial charge on any atom is 0.223 e. The second-order valence-electron chi connectivity index (χ2n) is 6.67. The van der Waals surface area contributed by atoms with Crippen LogP contribution >= 0.6 is 0 Å². The fraction of sp³-hybridized carbons (Fsp3) is 0.611. The Morgan fingerprint density at radius 3 is 2.73 bits per heavy atom. The van der Waals surface area contributed by atoms with Crippen molar-refractivity contribution in [2.24, 2.45) is 0 Å². The first-order chi connectivity index (χ1) is 10.6. The quantitative estimate of drug-likeness (QED) is 0.878. The molecule has 2 aliphatic heterocycles. The Bertz CT molecular complexity index is 532. The molecule has 120 valence electrons. The van der Waals surface area contributed by atoms with Gasteiger partial charge in [-0.2, -0.15) is 0 Å². The summed E-state index contributed by atoms with van der Waals surface area (Å²) in [4.78, 5) is 12.1. The van der Waals surface area contributed by atoms with Crippen molar-refractivity contribution in [2.45, 2.75) is 64.1 Å². The summed E-state index contributed by atoms with van der Waals surface area (Å²) >= 11 is 0. The Hall–Kier alpha value is -1.55. The van der Waals surface area contributed by atoms with Crippen LogP contribution < -0.4 is 15.4 Å². The molecule has 2 aliphatic rings. The molecular formula is C18H26N2O2. The van der Waals surface area contributed by atoms with E-state index in [9.17, 15) is 4.79 Å². The minimum atomic E-state index is 0.108. The molecule has 2 atom stereocenters. The number of fused-ring (bicyclic) bond motifs is 2. The third-order valence-corrected chi connectivity index (χ3v) is 4.98. The first-order valence-electron chi connectivity index (χ1n) is 8.36. The molecule has 2 heterocycles. The number of aryl methyl sites for hydroxylation is 1. The molecule has 0 radical (unpaired) electrons. The SMILES string of the molecule is Cc1cccc(OCCC(=O)NC2CC3CCC(C2)N3)c1C. The Balaban J connectivity index is 1.42. The fourth-order valence-corrected chi connectivity index (χ4v) is 3.61. The molecule has 2 N–H and O–H groups in total. The molecule has 4 nitrogen and oxygen atoms in total. The summed E-state index contributed by atoms with van der Waals surface area (Å²) < 4.78 is 5.76. The smallest absolute Gasteiger partial charge is 0.223 e. The van der Waals surface area contributed by atoms with Crippen LogP contribution in [-0.4, -0.2) is 30.6 Å². The minimum absolute atomic E-state index is 0.108. The van der Waals surface area contributed by atoms with Gasteiger partial charge in [0.1, 0.15) is 5.75 Å². The summed E-state index contributed by atoms with van der Waals surface area (Å²) in [5.74, 6) is 0.990. The van der Waals surface area contributed by atoms with Crippen molar-refractivity contribution in [3.8, 4) is 5.75 Å². The molecule has 1 aromatic rings. The summed E-state index contributed by atoms with van der Waals surface area (Å²) in [5.41, 5.74) is 2.37. The Kier molecular flexibility index (Phi) is 4.67. The van der Waals surface area contributed by atoms with Gasteiger partial charge in [-0.25, -0.2) is 0 Å². The highest BCUT2D eigenvalue weighted by atomic mass is 16.5. The molecule has 0 aliphatic carbocycles. The zero-order chi connectivity index (χ0) is 15.5. The summed E-state index contributed by atoms with van der Waals surface area (Å²) in [5, 5.41) is 6.77. The van der Waals surface area contributed by atoms with Gasteiger partial charge in [0.2, 0.25) is 5.91 Å². The number of carbonyl (C=O) groups excluding carboxylic acids is 1. The molecule has 2 unspecified atom stereocenters. The van der Waals surface area contributed by atoms with E-state index in [1.54, 1.807) is 0 Å². The monoisotopic (exact) mass is 302 g/mol. The van der Waals surface area contributed by atoms with Crippen molar-refractivity contribution in [2.75, 3.05) is 6.61 Å². The lowest BCUT2D eigenvalue weighted by atomic mass is 10.00. The second-order valence-corrected chi connectivity index (χ2v) is 6.67. The van der Waals surface area contributed by atoms with Crippen molar-refractivity contribution in [3.63, 3.8) is 0 Å². The average molecular weight is 302 g/mol. The van der Waals surface area contributed by atoms with Crippen LogP contribution in [0.5, 0.6) is 5.75 Å². The van der Waals surface area contributed by atoms with Crippen LogP contribution in [0, 0.1) is 13.8 Å². The minimum Gasteiger partial charge on any atom is -0.493 e. The van der Waals surface area contributed by atoms with E-state index in [-0.39, 0.29) is 5.91 Å². The largest absolute Gasteiger partial charge is 0.493 e. The van der Waals surface area contributed by atoms with E-state index in [1.807, 2.05) is 12.1 Å². The van der Waals surface area contributed by atoms with Gasteiger partial charge in [0.15, 0.2) is 0 Å². The number of piperidine rings is 1. The van der Waals surface area contributed by atoms with Crippen LogP contribution in [0.1, 0.15) is 43.2 Å². The van der Waals surface area contributed by atoms with E-state index in [0.717, 1.165) is 24.2 Å². The first kappa shape index (κ1) is 15.3. The van der Waals surface area contributed by atoms with Gasteiger partial charge >= 0.3 is 0 Å². The molecular weight excluding hydrogens is 276 g/mol. The van der Waals surface area contributed by atoms with Gasteiger partial charge in [0, 0.05) is 18.1 Å². The van der Waals surface area contributed by atoms with Gasteiger partial charge < -0.3 is 15.4 Å². The van der Waals surface area contributed by atoms with Gasteiger partial charge in [0.25, 0.3) is 0 Å². The number of rotatable bonds is 5. The molecule has 22 heavy (non-hydrogen) atoms. The zero-order valence-electron chi connectivity index (χ0n) is 13.5. The lowest BCUT2D eigenvalue weighted by molar-refractivity contribution is -0.122. The van der Waals surface area contributed by atoms with E-state index in [0.29, 0.717) is 31.2 Å². The molecule has 2 bridgehead atoms. The molecule has 1 amide bonds. The average Bonchev–Trinajstić information content (AvgIpc) is 2.82. The highest BCUT2D eigenvalue weighted by molar-refractivity contribution is 5.76. The van der Waals surface area contributed by atoms with Crippen LogP contribution in [0.15, 0.2) is 18.2 Å². The van der Waals surface area contributed by atoms with E-state index in [4.69, 9.17) is 4.74 Å². The fourth-order valence-electron chi connectivity index (χ4n) is 3.61. The van der Waals surface area contributed by atoms with Crippen molar-refractivity contribution in [1.82, 2.24) is 10.6 Å². The van der Waals surface area contributed by atoms with Crippen LogP contribution in [0.3, 0.4) is 0 Å². The molecule has 4 heteroatoms. The van der Waals surface area contributed by atoms with E-state index < -0.39 is 0 Å². The standard InChI is InChI=1S/C18H26N2O2/c1-12-4-3-5-17(13(12)2)22-9-8-18(21)20-16-10-14-6-7-15(11-16)19-14/h3-5,14-16,19H,6-11H2,1-2H3,(H,20,21). The molecule has 3 rings (SSSR count).